The Hall–Kier alpha value is -0.140. The number of carbonyl (C=O) groups is 2. The number of nitrogens with zero attached hydrogens (tertiary/aromatic N) is 1. The Bertz CT molecular complexity index is 263. The second kappa shape index (κ2) is 8.88. The second-order valence-electron chi connectivity index (χ2n) is 3.85. The number of amides is 1. The van der Waals surface area contributed by atoms with Crippen LogP contribution >= 0.6 is 0 Å². The van der Waals surface area contributed by atoms with E-state index in [0.717, 1.165) is 19.5 Å². The normalized spacial score (nSPS) is 19.2. The van der Waals surface area contributed by atoms with Crippen LogP contribution in [-0.4, -0.2) is 49.0 Å². The number of carbonyl (C=O) groups excluding carboxylic acids is 2. The van der Waals surface area contributed by atoms with E-state index in [0.29, 0.717) is 25.9 Å². The first-order chi connectivity index (χ1) is 7.66. The van der Waals surface area contributed by atoms with E-state index in [1.54, 1.807) is 0 Å². The number of nitrogens with two attached hydrogens (primary N) is 1. The van der Waals surface area contributed by atoms with Crippen molar-refractivity contribution < 1.29 is 44.3 Å². The van der Waals surface area contributed by atoms with E-state index in [4.69, 9.17) is 5.73 Å². The molecule has 1 rings (SSSR count). The summed E-state index contributed by atoms with van der Waals surface area (Å²) >= 11 is 0. The molecule has 1 atom stereocenters. The standard InChI is InChI=1S/C10H19N3O3.Na/c11-4-6-12-5-1-7-13-8(10(15)16)2-3-9(13)14;/h8,12H,1-7,11H2,(H,15,16);/q;+1/p-1. The van der Waals surface area contributed by atoms with Crippen LogP contribution < -0.4 is 45.7 Å². The minimum atomic E-state index is -1.15. The molecule has 0 radical (unpaired) electrons. The number of carboxylic acid groups (broad SMARTS) is 1. The van der Waals surface area contributed by atoms with Crippen LogP contribution in [0.2, 0.25) is 0 Å². The molecule has 7 heteroatoms. The van der Waals surface area contributed by atoms with Crippen LogP contribution in [0, 0.1) is 0 Å². The van der Waals surface area contributed by atoms with Gasteiger partial charge in [0.1, 0.15) is 0 Å². The fourth-order valence-corrected chi connectivity index (χ4v) is 1.86. The van der Waals surface area contributed by atoms with E-state index in [-0.39, 0.29) is 35.5 Å². The third-order valence-electron chi connectivity index (χ3n) is 2.67. The Kier molecular flexibility index (Phi) is 8.81. The molecule has 0 aromatic carbocycles. The summed E-state index contributed by atoms with van der Waals surface area (Å²) in [7, 11) is 0. The zero-order valence-electron chi connectivity index (χ0n) is 10.3. The molecule has 0 aliphatic carbocycles. The van der Waals surface area contributed by atoms with Gasteiger partial charge in [0, 0.05) is 26.1 Å². The Balaban J connectivity index is 0.00000256. The van der Waals surface area contributed by atoms with Crippen LogP contribution in [0.25, 0.3) is 0 Å². The molecule has 1 unspecified atom stereocenters. The van der Waals surface area contributed by atoms with Gasteiger partial charge >= 0.3 is 29.6 Å². The number of hydrogen-bond donors (Lipinski definition) is 2. The van der Waals surface area contributed by atoms with Gasteiger partial charge in [-0.25, -0.2) is 0 Å². The maximum absolute atomic E-state index is 11.4. The average Bonchev–Trinajstić information content (AvgIpc) is 2.60. The fourth-order valence-electron chi connectivity index (χ4n) is 1.86. The van der Waals surface area contributed by atoms with Gasteiger partial charge in [-0.2, -0.15) is 0 Å². The summed E-state index contributed by atoms with van der Waals surface area (Å²) in [5.41, 5.74) is 5.30. The molecule has 1 saturated heterocycles. The predicted molar refractivity (Wildman–Crippen MR) is 56.3 cm³/mol. The molecule has 6 nitrogen and oxygen atoms in total. The van der Waals surface area contributed by atoms with Gasteiger partial charge in [0.05, 0.1) is 12.0 Å². The monoisotopic (exact) mass is 251 g/mol. The topological polar surface area (TPSA) is 98.5 Å². The van der Waals surface area contributed by atoms with Crippen molar-refractivity contribution in [3.8, 4) is 0 Å². The largest absolute Gasteiger partial charge is 1.00 e. The van der Waals surface area contributed by atoms with Gasteiger partial charge < -0.3 is 25.9 Å². The quantitative estimate of drug-likeness (QED) is 0.348. The molecule has 1 aliphatic rings. The van der Waals surface area contributed by atoms with Gasteiger partial charge in [0.15, 0.2) is 0 Å². The van der Waals surface area contributed by atoms with Gasteiger partial charge in [-0.1, -0.05) is 0 Å². The van der Waals surface area contributed by atoms with Gasteiger partial charge in [0.2, 0.25) is 5.91 Å². The van der Waals surface area contributed by atoms with E-state index >= 15 is 0 Å². The first kappa shape index (κ1) is 16.9. The van der Waals surface area contributed by atoms with Crippen molar-refractivity contribution in [1.29, 1.82) is 0 Å². The molecule has 1 amide bonds. The van der Waals surface area contributed by atoms with Crippen LogP contribution in [0.4, 0.5) is 0 Å². The van der Waals surface area contributed by atoms with Gasteiger partial charge in [-0.05, 0) is 19.4 Å². The van der Waals surface area contributed by atoms with E-state index in [1.807, 2.05) is 0 Å². The molecule has 3 N–H and O–H groups in total. The van der Waals surface area contributed by atoms with Gasteiger partial charge in [-0.15, -0.1) is 0 Å². The van der Waals surface area contributed by atoms with E-state index in [1.165, 1.54) is 4.90 Å². The molecule has 0 spiro atoms. The third kappa shape index (κ3) is 5.35. The minimum absolute atomic E-state index is 0. The number of hydrogen-bond acceptors (Lipinski definition) is 5. The average molecular weight is 251 g/mol. The summed E-state index contributed by atoms with van der Waals surface area (Å²) in [4.78, 5) is 23.6. The first-order valence-electron chi connectivity index (χ1n) is 5.58. The van der Waals surface area contributed by atoms with Crippen molar-refractivity contribution in [3.05, 3.63) is 0 Å². The molecular weight excluding hydrogens is 233 g/mol. The predicted octanol–water partition coefficient (Wildman–Crippen LogP) is -5.33. The second-order valence-corrected chi connectivity index (χ2v) is 3.85. The van der Waals surface area contributed by atoms with Crippen molar-refractivity contribution in [3.63, 3.8) is 0 Å². The molecule has 0 bridgehead atoms. The molecule has 1 heterocycles. The zero-order valence-corrected chi connectivity index (χ0v) is 12.3. The molecule has 0 saturated carbocycles. The van der Waals surface area contributed by atoms with Crippen molar-refractivity contribution in [2.24, 2.45) is 5.73 Å². The molecule has 17 heavy (non-hydrogen) atoms. The number of likely N-dealkylation sites (tertiary alicyclic amines) is 1. The van der Waals surface area contributed by atoms with Crippen LogP contribution in [0.1, 0.15) is 19.3 Å². The molecule has 1 fully saturated rings. The summed E-state index contributed by atoms with van der Waals surface area (Å²) in [6, 6.07) is -0.734. The summed E-state index contributed by atoms with van der Waals surface area (Å²) < 4.78 is 0. The van der Waals surface area contributed by atoms with Crippen molar-refractivity contribution >= 4 is 11.9 Å². The number of aliphatic carboxylic acids is 1. The first-order valence-corrected chi connectivity index (χ1v) is 5.58. The summed E-state index contributed by atoms with van der Waals surface area (Å²) in [6.45, 7) is 2.51. The SMILES string of the molecule is NCCNCCCN1C(=O)CCC1C(=O)[O-].[Na+]. The van der Waals surface area contributed by atoms with Crippen LogP contribution in [0.15, 0.2) is 0 Å². The Morgan fingerprint density at radius 3 is 2.82 bits per heavy atom. The molecule has 0 aromatic rings. The van der Waals surface area contributed by atoms with E-state index in [2.05, 4.69) is 5.32 Å². The summed E-state index contributed by atoms with van der Waals surface area (Å²) in [5, 5.41) is 13.8. The molecular formula is C10H18N3NaO3. The maximum atomic E-state index is 11.4. The van der Waals surface area contributed by atoms with Gasteiger partial charge in [-0.3, -0.25) is 4.79 Å². The maximum Gasteiger partial charge on any atom is 1.00 e. The van der Waals surface area contributed by atoms with E-state index in [9.17, 15) is 14.7 Å². The van der Waals surface area contributed by atoms with Crippen LogP contribution in [0.3, 0.4) is 0 Å². The zero-order chi connectivity index (χ0) is 12.0. The Morgan fingerprint density at radius 2 is 2.24 bits per heavy atom. The van der Waals surface area contributed by atoms with Crippen molar-refractivity contribution in [1.82, 2.24) is 10.2 Å². The van der Waals surface area contributed by atoms with E-state index < -0.39 is 12.0 Å². The fraction of sp³-hybridized carbons (Fsp3) is 0.800. The van der Waals surface area contributed by atoms with Crippen molar-refractivity contribution in [2.45, 2.75) is 25.3 Å². The molecule has 1 aliphatic heterocycles. The summed E-state index contributed by atoms with van der Waals surface area (Å²) in [5.74, 6) is -1.24. The number of nitrogens with one attached hydrogen (secondary N) is 1. The van der Waals surface area contributed by atoms with Crippen LogP contribution in [-0.2, 0) is 9.59 Å². The molecule has 0 aromatic heterocycles. The van der Waals surface area contributed by atoms with Crippen molar-refractivity contribution in [2.75, 3.05) is 26.2 Å². The van der Waals surface area contributed by atoms with Gasteiger partial charge in [0.25, 0.3) is 0 Å². The number of rotatable bonds is 7. The third-order valence-corrected chi connectivity index (χ3v) is 2.67. The summed E-state index contributed by atoms with van der Waals surface area (Å²) in [6.07, 6.45) is 1.42. The smallest absolute Gasteiger partial charge is 0.548 e. The Labute approximate surface area is 123 Å². The minimum Gasteiger partial charge on any atom is -0.548 e. The van der Waals surface area contributed by atoms with Crippen LogP contribution in [0.5, 0.6) is 0 Å². The Morgan fingerprint density at radius 1 is 1.53 bits per heavy atom. The number of carboxylic acids is 1. The molecule has 92 valence electrons.